The third kappa shape index (κ3) is 7.60. The fraction of sp³-hybridized carbons (Fsp3) is 0.417. The molecule has 2 aromatic carbocycles. The van der Waals surface area contributed by atoms with E-state index in [1.807, 2.05) is 58.9 Å². The number of benzene rings is 2. The minimum atomic E-state index is -0.474. The van der Waals surface area contributed by atoms with Crippen LogP contribution in [0.2, 0.25) is 0 Å². The lowest BCUT2D eigenvalue weighted by atomic mass is 9.95. The van der Waals surface area contributed by atoms with Crippen molar-refractivity contribution >= 4 is 23.2 Å². The van der Waals surface area contributed by atoms with Gasteiger partial charge in [0.2, 0.25) is 11.8 Å². The first-order chi connectivity index (χ1) is 13.6. The van der Waals surface area contributed by atoms with Crippen LogP contribution < -0.4 is 15.4 Å². The monoisotopic (exact) mass is 396 g/mol. The molecule has 0 aliphatic rings. The van der Waals surface area contributed by atoms with E-state index in [1.165, 1.54) is 5.56 Å². The van der Waals surface area contributed by atoms with Crippen molar-refractivity contribution in [3.63, 3.8) is 0 Å². The fourth-order valence-corrected chi connectivity index (χ4v) is 2.65. The minimum Gasteiger partial charge on any atom is -0.493 e. The van der Waals surface area contributed by atoms with E-state index >= 15 is 0 Å². The zero-order valence-corrected chi connectivity index (χ0v) is 18.1. The van der Waals surface area contributed by atoms with Crippen LogP contribution in [0.15, 0.2) is 42.5 Å². The van der Waals surface area contributed by atoms with Crippen molar-refractivity contribution in [2.75, 3.05) is 17.2 Å². The summed E-state index contributed by atoms with van der Waals surface area (Å²) in [6, 6.07) is 13.4. The van der Waals surface area contributed by atoms with Gasteiger partial charge in [-0.2, -0.15) is 0 Å². The number of carbonyl (C=O) groups excluding carboxylic acids is 2. The van der Waals surface area contributed by atoms with Crippen LogP contribution in [-0.4, -0.2) is 18.4 Å². The van der Waals surface area contributed by atoms with E-state index in [9.17, 15) is 9.59 Å². The quantitative estimate of drug-likeness (QED) is 0.581. The molecule has 0 aliphatic carbocycles. The van der Waals surface area contributed by atoms with Crippen molar-refractivity contribution in [1.82, 2.24) is 0 Å². The second-order valence-corrected chi connectivity index (χ2v) is 8.41. The van der Waals surface area contributed by atoms with Crippen LogP contribution in [0.4, 0.5) is 11.4 Å². The summed E-state index contributed by atoms with van der Waals surface area (Å²) in [7, 11) is 0. The molecule has 2 rings (SSSR count). The van der Waals surface area contributed by atoms with Gasteiger partial charge in [-0.15, -0.1) is 0 Å². The van der Waals surface area contributed by atoms with E-state index in [2.05, 4.69) is 22.8 Å². The molecule has 0 spiro atoms. The van der Waals surface area contributed by atoms with Gasteiger partial charge >= 0.3 is 0 Å². The number of nitrogens with one attached hydrogen (secondary N) is 2. The SMILES string of the molecule is Cc1ccc(C)c(OCCCCC(=O)Nc2cccc(NC(=O)C(C)(C)C)c2)c1. The maximum Gasteiger partial charge on any atom is 0.229 e. The third-order valence-electron chi connectivity index (χ3n) is 4.48. The Kier molecular flexibility index (Phi) is 7.82. The molecular weight excluding hydrogens is 364 g/mol. The first-order valence-corrected chi connectivity index (χ1v) is 10.1. The summed E-state index contributed by atoms with van der Waals surface area (Å²) in [6.45, 7) is 10.2. The first-order valence-electron chi connectivity index (χ1n) is 10.1. The Morgan fingerprint density at radius 2 is 1.62 bits per heavy atom. The number of ether oxygens (including phenoxy) is 1. The Bertz CT molecular complexity index is 853. The molecule has 0 unspecified atom stereocenters. The number of carbonyl (C=O) groups is 2. The van der Waals surface area contributed by atoms with Crippen molar-refractivity contribution < 1.29 is 14.3 Å². The van der Waals surface area contributed by atoms with Crippen LogP contribution in [-0.2, 0) is 9.59 Å². The highest BCUT2D eigenvalue weighted by Crippen LogP contribution is 2.21. The average Bonchev–Trinajstić information content (AvgIpc) is 2.63. The standard InChI is InChI=1S/C24H32N2O3/c1-17-12-13-18(2)21(15-17)29-14-7-6-11-22(27)25-19-9-8-10-20(16-19)26-23(28)24(3,4)5/h8-10,12-13,15-16H,6-7,11,14H2,1-5H3,(H,25,27)(H,26,28). The highest BCUT2D eigenvalue weighted by atomic mass is 16.5. The third-order valence-corrected chi connectivity index (χ3v) is 4.48. The maximum absolute atomic E-state index is 12.2. The Balaban J connectivity index is 1.74. The predicted octanol–water partition coefficient (Wildman–Crippen LogP) is 5.48. The summed E-state index contributed by atoms with van der Waals surface area (Å²) in [4.78, 5) is 24.3. The van der Waals surface area contributed by atoms with Crippen LogP contribution in [0.3, 0.4) is 0 Å². The normalized spacial score (nSPS) is 11.1. The van der Waals surface area contributed by atoms with Crippen LogP contribution >= 0.6 is 0 Å². The zero-order chi connectivity index (χ0) is 21.4. The second kappa shape index (κ2) is 10.1. The van der Waals surface area contributed by atoms with Crippen molar-refractivity contribution in [1.29, 1.82) is 0 Å². The van der Waals surface area contributed by atoms with Gasteiger partial charge in [0.15, 0.2) is 0 Å². The van der Waals surface area contributed by atoms with E-state index in [0.717, 1.165) is 24.2 Å². The number of aryl methyl sites for hydroxylation is 2. The Labute approximate surface area is 173 Å². The van der Waals surface area contributed by atoms with E-state index in [4.69, 9.17) is 4.74 Å². The van der Waals surface area contributed by atoms with E-state index < -0.39 is 5.41 Å². The van der Waals surface area contributed by atoms with Gasteiger partial charge in [0.05, 0.1) is 6.61 Å². The predicted molar refractivity (Wildman–Crippen MR) is 118 cm³/mol. The van der Waals surface area contributed by atoms with Crippen molar-refractivity contribution in [2.45, 2.75) is 53.9 Å². The summed E-state index contributed by atoms with van der Waals surface area (Å²) < 4.78 is 5.83. The molecular formula is C24H32N2O3. The highest BCUT2D eigenvalue weighted by molar-refractivity contribution is 5.96. The molecule has 2 N–H and O–H groups in total. The van der Waals surface area contributed by atoms with Crippen LogP contribution in [0.1, 0.15) is 51.2 Å². The van der Waals surface area contributed by atoms with Gasteiger partial charge < -0.3 is 15.4 Å². The minimum absolute atomic E-state index is 0.0453. The Hall–Kier alpha value is -2.82. The van der Waals surface area contributed by atoms with Gasteiger partial charge in [-0.3, -0.25) is 9.59 Å². The molecule has 2 aromatic rings. The molecule has 0 fully saturated rings. The number of anilines is 2. The molecule has 5 heteroatoms. The van der Waals surface area contributed by atoms with Gasteiger partial charge in [0, 0.05) is 23.2 Å². The lowest BCUT2D eigenvalue weighted by Gasteiger charge is -2.18. The van der Waals surface area contributed by atoms with E-state index in [0.29, 0.717) is 24.4 Å². The number of rotatable bonds is 8. The summed E-state index contributed by atoms with van der Waals surface area (Å²) >= 11 is 0. The van der Waals surface area contributed by atoms with Crippen LogP contribution in [0.25, 0.3) is 0 Å². The van der Waals surface area contributed by atoms with Gasteiger partial charge in [-0.1, -0.05) is 39.0 Å². The molecule has 0 aliphatic heterocycles. The van der Waals surface area contributed by atoms with Crippen molar-refractivity contribution in [3.05, 3.63) is 53.6 Å². The lowest BCUT2D eigenvalue weighted by molar-refractivity contribution is -0.123. The zero-order valence-electron chi connectivity index (χ0n) is 18.1. The van der Waals surface area contributed by atoms with Gasteiger partial charge in [-0.05, 0) is 62.1 Å². The average molecular weight is 397 g/mol. The largest absolute Gasteiger partial charge is 0.493 e. The summed E-state index contributed by atoms with van der Waals surface area (Å²) in [5.74, 6) is 0.796. The summed E-state index contributed by atoms with van der Waals surface area (Å²) in [5.41, 5.74) is 3.16. The van der Waals surface area contributed by atoms with E-state index in [1.54, 1.807) is 6.07 Å². The van der Waals surface area contributed by atoms with Gasteiger partial charge in [-0.25, -0.2) is 0 Å². The molecule has 0 heterocycles. The van der Waals surface area contributed by atoms with Crippen molar-refractivity contribution in [2.24, 2.45) is 5.41 Å². The molecule has 0 saturated heterocycles. The van der Waals surface area contributed by atoms with Crippen LogP contribution in [0.5, 0.6) is 5.75 Å². The highest BCUT2D eigenvalue weighted by Gasteiger charge is 2.21. The maximum atomic E-state index is 12.2. The molecule has 0 atom stereocenters. The van der Waals surface area contributed by atoms with Crippen LogP contribution in [0, 0.1) is 19.3 Å². The van der Waals surface area contributed by atoms with Crippen molar-refractivity contribution in [3.8, 4) is 5.75 Å². The lowest BCUT2D eigenvalue weighted by Crippen LogP contribution is -2.27. The Morgan fingerprint density at radius 1 is 0.931 bits per heavy atom. The molecule has 0 radical (unpaired) electrons. The number of hydrogen-bond donors (Lipinski definition) is 2. The molecule has 0 saturated carbocycles. The van der Waals surface area contributed by atoms with Gasteiger partial charge in [0.25, 0.3) is 0 Å². The number of amides is 2. The molecule has 156 valence electrons. The summed E-state index contributed by atoms with van der Waals surface area (Å²) in [6.07, 6.45) is 1.98. The molecule has 5 nitrogen and oxygen atoms in total. The first kappa shape index (κ1) is 22.5. The topological polar surface area (TPSA) is 67.4 Å². The molecule has 0 aromatic heterocycles. The molecule has 0 bridgehead atoms. The second-order valence-electron chi connectivity index (χ2n) is 8.41. The smallest absolute Gasteiger partial charge is 0.229 e. The number of unbranched alkanes of at least 4 members (excludes halogenated alkanes) is 1. The molecule has 2 amide bonds. The number of hydrogen-bond acceptors (Lipinski definition) is 3. The fourth-order valence-electron chi connectivity index (χ4n) is 2.65. The Morgan fingerprint density at radius 3 is 2.31 bits per heavy atom. The van der Waals surface area contributed by atoms with E-state index in [-0.39, 0.29) is 11.8 Å². The molecule has 29 heavy (non-hydrogen) atoms. The van der Waals surface area contributed by atoms with Gasteiger partial charge in [0.1, 0.15) is 5.75 Å². The summed E-state index contributed by atoms with van der Waals surface area (Å²) in [5, 5.41) is 5.76.